The summed E-state index contributed by atoms with van der Waals surface area (Å²) in [6, 6.07) is 7.14. The third-order valence-corrected chi connectivity index (χ3v) is 4.42. The Kier molecular flexibility index (Phi) is 4.87. The predicted octanol–water partition coefficient (Wildman–Crippen LogP) is 2.86. The van der Waals surface area contributed by atoms with Gasteiger partial charge in [-0.1, -0.05) is 17.9 Å². The summed E-state index contributed by atoms with van der Waals surface area (Å²) in [4.78, 5) is 12.8. The van der Waals surface area contributed by atoms with Gasteiger partial charge >= 0.3 is 0 Å². The van der Waals surface area contributed by atoms with Gasteiger partial charge in [0, 0.05) is 35.7 Å². The molecule has 2 heterocycles. The fourth-order valence-corrected chi connectivity index (χ4v) is 2.91. The van der Waals surface area contributed by atoms with Crippen molar-refractivity contribution in [2.24, 2.45) is 16.1 Å². The lowest BCUT2D eigenvalue weighted by molar-refractivity contribution is 0.395. The van der Waals surface area contributed by atoms with Crippen molar-refractivity contribution in [1.29, 1.82) is 0 Å². The Morgan fingerprint density at radius 2 is 1.83 bits per heavy atom. The highest BCUT2D eigenvalue weighted by Gasteiger charge is 2.12. The molecule has 8 heteroatoms. The van der Waals surface area contributed by atoms with E-state index in [1.54, 1.807) is 30.6 Å². The maximum absolute atomic E-state index is 13.6. The highest BCUT2D eigenvalue weighted by molar-refractivity contribution is 5.87. The fourth-order valence-electron chi connectivity index (χ4n) is 2.91. The minimum atomic E-state index is -1.09. The van der Waals surface area contributed by atoms with Gasteiger partial charge in [0.05, 0.1) is 18.1 Å². The average Bonchev–Trinajstić information content (AvgIpc) is 3.22. The first-order valence-electron chi connectivity index (χ1n) is 8.73. The Bertz CT molecular complexity index is 1250. The molecule has 0 saturated heterocycles. The fraction of sp³-hybridized carbons (Fsp3) is 0.143. The number of halogens is 2. The van der Waals surface area contributed by atoms with Gasteiger partial charge in [-0.15, -0.1) is 0 Å². The Labute approximate surface area is 163 Å². The van der Waals surface area contributed by atoms with Crippen molar-refractivity contribution in [1.82, 2.24) is 9.78 Å². The second kappa shape index (κ2) is 7.64. The standard InChI is InChI=1S/C21H14F2N4O2/c22-18-7-15(8-19(23)20(18)28)12-27-21(29)17-6-13(4-5-16(17)11-26-27)2-1-3-14-9-24-25-10-14/h4-11,14,28H,3,12H2. The number of hydrogen-bond acceptors (Lipinski definition) is 5. The molecule has 0 spiro atoms. The number of phenolic OH excluding ortho intramolecular Hbond substituents is 1. The molecule has 1 N–H and O–H groups in total. The molecule has 1 aliphatic heterocycles. The quantitative estimate of drug-likeness (QED) is 0.696. The van der Waals surface area contributed by atoms with E-state index in [1.807, 2.05) is 0 Å². The first-order valence-corrected chi connectivity index (χ1v) is 8.73. The Morgan fingerprint density at radius 3 is 2.55 bits per heavy atom. The van der Waals surface area contributed by atoms with Crippen LogP contribution in [0.2, 0.25) is 0 Å². The second-order valence-corrected chi connectivity index (χ2v) is 6.52. The van der Waals surface area contributed by atoms with E-state index < -0.39 is 22.9 Å². The van der Waals surface area contributed by atoms with Gasteiger partial charge in [-0.3, -0.25) is 4.79 Å². The lowest BCUT2D eigenvalue weighted by atomic mass is 10.1. The van der Waals surface area contributed by atoms with Crippen LogP contribution in [0.15, 0.2) is 51.5 Å². The van der Waals surface area contributed by atoms with Gasteiger partial charge < -0.3 is 5.11 Å². The van der Waals surface area contributed by atoms with Gasteiger partial charge in [0.2, 0.25) is 0 Å². The molecule has 29 heavy (non-hydrogen) atoms. The average molecular weight is 392 g/mol. The lowest BCUT2D eigenvalue weighted by Crippen LogP contribution is -2.23. The zero-order chi connectivity index (χ0) is 20.4. The molecule has 1 aliphatic rings. The molecule has 0 fully saturated rings. The van der Waals surface area contributed by atoms with Gasteiger partial charge in [0.25, 0.3) is 5.56 Å². The second-order valence-electron chi connectivity index (χ2n) is 6.52. The highest BCUT2D eigenvalue weighted by atomic mass is 19.1. The minimum Gasteiger partial charge on any atom is -0.503 e. The first kappa shape index (κ1) is 18.5. The summed E-state index contributed by atoms with van der Waals surface area (Å²) in [5.41, 5.74) is 0.429. The molecule has 2 aromatic carbocycles. The van der Waals surface area contributed by atoms with E-state index in [2.05, 4.69) is 27.1 Å². The molecule has 1 aromatic heterocycles. The molecule has 4 rings (SSSR count). The van der Waals surface area contributed by atoms with Crippen LogP contribution < -0.4 is 5.56 Å². The molecule has 6 nitrogen and oxygen atoms in total. The van der Waals surface area contributed by atoms with E-state index in [0.29, 0.717) is 22.8 Å². The van der Waals surface area contributed by atoms with Crippen LogP contribution in [0, 0.1) is 29.4 Å². The molecule has 144 valence electrons. The summed E-state index contributed by atoms with van der Waals surface area (Å²) in [5.74, 6) is 2.90. The third kappa shape index (κ3) is 3.89. The van der Waals surface area contributed by atoms with E-state index in [9.17, 15) is 18.7 Å². The molecule has 3 aromatic rings. The van der Waals surface area contributed by atoms with E-state index in [4.69, 9.17) is 0 Å². The molecule has 0 unspecified atom stereocenters. The summed E-state index contributed by atoms with van der Waals surface area (Å²) in [6.45, 7) is -0.140. The van der Waals surface area contributed by atoms with Crippen LogP contribution in [-0.4, -0.2) is 27.3 Å². The predicted molar refractivity (Wildman–Crippen MR) is 105 cm³/mol. The van der Waals surface area contributed by atoms with Crippen LogP contribution in [0.25, 0.3) is 10.8 Å². The number of phenols is 1. The van der Waals surface area contributed by atoms with Gasteiger partial charge in [0.15, 0.2) is 17.4 Å². The largest absolute Gasteiger partial charge is 0.503 e. The number of hydrogen-bond donors (Lipinski definition) is 1. The Morgan fingerprint density at radius 1 is 1.10 bits per heavy atom. The maximum Gasteiger partial charge on any atom is 0.274 e. The van der Waals surface area contributed by atoms with E-state index in [1.165, 1.54) is 6.20 Å². The highest BCUT2D eigenvalue weighted by Crippen LogP contribution is 2.21. The van der Waals surface area contributed by atoms with Crippen LogP contribution in [0.1, 0.15) is 17.5 Å². The minimum absolute atomic E-state index is 0.0930. The molecule has 0 aliphatic carbocycles. The van der Waals surface area contributed by atoms with E-state index >= 15 is 0 Å². The van der Waals surface area contributed by atoms with E-state index in [0.717, 1.165) is 16.8 Å². The van der Waals surface area contributed by atoms with Crippen molar-refractivity contribution < 1.29 is 13.9 Å². The van der Waals surface area contributed by atoms with Crippen LogP contribution in [0.4, 0.5) is 8.78 Å². The molecule has 0 atom stereocenters. The number of aromatic hydroxyl groups is 1. The van der Waals surface area contributed by atoms with Crippen molar-refractivity contribution in [3.63, 3.8) is 0 Å². The van der Waals surface area contributed by atoms with Crippen LogP contribution >= 0.6 is 0 Å². The lowest BCUT2D eigenvalue weighted by Gasteiger charge is -2.08. The number of nitrogens with zero attached hydrogens (tertiary/aromatic N) is 4. The SMILES string of the molecule is O=c1c2cc(C#CCC3C=NN=C3)ccc2cnn1Cc1cc(F)c(O)c(F)c1. The first-order chi connectivity index (χ1) is 14.0. The van der Waals surface area contributed by atoms with Crippen molar-refractivity contribution in [2.45, 2.75) is 13.0 Å². The third-order valence-electron chi connectivity index (χ3n) is 4.42. The van der Waals surface area contributed by atoms with Gasteiger partial charge in [-0.05, 0) is 29.8 Å². The zero-order valence-corrected chi connectivity index (χ0v) is 15.0. The number of benzene rings is 2. The maximum atomic E-state index is 13.6. The molecule has 0 saturated carbocycles. The van der Waals surface area contributed by atoms with E-state index in [-0.39, 0.29) is 18.0 Å². The summed E-state index contributed by atoms with van der Waals surface area (Å²) >= 11 is 0. The monoisotopic (exact) mass is 392 g/mol. The Hall–Kier alpha value is -3.86. The van der Waals surface area contributed by atoms with Crippen LogP contribution in [0.5, 0.6) is 5.75 Å². The zero-order valence-electron chi connectivity index (χ0n) is 15.0. The summed E-state index contributed by atoms with van der Waals surface area (Å²) < 4.78 is 28.2. The Balaban J connectivity index is 1.64. The van der Waals surface area contributed by atoms with Crippen molar-refractivity contribution in [2.75, 3.05) is 0 Å². The normalized spacial score (nSPS) is 13.0. The van der Waals surface area contributed by atoms with Crippen LogP contribution in [-0.2, 0) is 6.54 Å². The van der Waals surface area contributed by atoms with Crippen molar-refractivity contribution in [3.8, 4) is 17.6 Å². The number of aromatic nitrogens is 2. The van der Waals surface area contributed by atoms with Crippen LogP contribution in [0.3, 0.4) is 0 Å². The molecule has 0 radical (unpaired) electrons. The number of rotatable bonds is 3. The number of fused-ring (bicyclic) bond motifs is 1. The van der Waals surface area contributed by atoms with Crippen molar-refractivity contribution >= 4 is 23.2 Å². The molecule has 0 amide bonds. The van der Waals surface area contributed by atoms with Gasteiger partial charge in [-0.25, -0.2) is 13.5 Å². The smallest absolute Gasteiger partial charge is 0.274 e. The summed E-state index contributed by atoms with van der Waals surface area (Å²) in [6.07, 6.45) is 5.51. The summed E-state index contributed by atoms with van der Waals surface area (Å²) in [5, 5.41) is 21.8. The van der Waals surface area contributed by atoms with Gasteiger partial charge in [-0.2, -0.15) is 15.3 Å². The van der Waals surface area contributed by atoms with Crippen molar-refractivity contribution in [3.05, 3.63) is 69.6 Å². The molecule has 0 bridgehead atoms. The van der Waals surface area contributed by atoms with Gasteiger partial charge in [0.1, 0.15) is 0 Å². The molecular weight excluding hydrogens is 378 g/mol. The summed E-state index contributed by atoms with van der Waals surface area (Å²) in [7, 11) is 0. The topological polar surface area (TPSA) is 79.8 Å². The molecular formula is C21H14F2N4O2.